The molecular weight excluding hydrogens is 350 g/mol. The summed E-state index contributed by atoms with van der Waals surface area (Å²) in [4.78, 5) is 29.1. The highest BCUT2D eigenvalue weighted by Crippen LogP contribution is 2.15. The molecule has 0 spiro atoms. The van der Waals surface area contributed by atoms with Gasteiger partial charge in [0.2, 0.25) is 0 Å². The van der Waals surface area contributed by atoms with Crippen LogP contribution in [0.3, 0.4) is 0 Å². The first-order valence-corrected chi connectivity index (χ1v) is 9.50. The first-order chi connectivity index (χ1) is 13.6. The normalized spacial score (nSPS) is 14.2. The Morgan fingerprint density at radius 2 is 1.11 bits per heavy atom. The van der Waals surface area contributed by atoms with Crippen molar-refractivity contribution in [1.82, 2.24) is 14.4 Å². The lowest BCUT2D eigenvalue weighted by Gasteiger charge is -2.35. The minimum Gasteiger partial charge on any atom is -0.335 e. The summed E-state index contributed by atoms with van der Waals surface area (Å²) in [6.07, 6.45) is 3.95. The summed E-state index contributed by atoms with van der Waals surface area (Å²) in [5.41, 5.74) is 3.53. The molecule has 28 heavy (non-hydrogen) atoms. The molecule has 4 rings (SSSR count). The highest BCUT2D eigenvalue weighted by Gasteiger charge is 2.25. The minimum absolute atomic E-state index is 0.0153. The van der Waals surface area contributed by atoms with Gasteiger partial charge in [-0.2, -0.15) is 0 Å². The molecule has 1 aromatic heterocycles. The van der Waals surface area contributed by atoms with E-state index >= 15 is 0 Å². The van der Waals surface area contributed by atoms with Crippen LogP contribution in [-0.4, -0.2) is 52.4 Å². The van der Waals surface area contributed by atoms with E-state index in [1.54, 1.807) is 0 Å². The summed E-state index contributed by atoms with van der Waals surface area (Å²) < 4.78 is 2.00. The third kappa shape index (κ3) is 3.69. The first kappa shape index (κ1) is 18.0. The van der Waals surface area contributed by atoms with E-state index in [-0.39, 0.29) is 11.8 Å². The third-order valence-electron chi connectivity index (χ3n) is 5.17. The van der Waals surface area contributed by atoms with Crippen LogP contribution in [0.15, 0.2) is 73.1 Å². The van der Waals surface area contributed by atoms with Crippen molar-refractivity contribution >= 4 is 11.8 Å². The number of aryl methyl sites for hydroxylation is 1. The van der Waals surface area contributed by atoms with Crippen LogP contribution in [0.2, 0.25) is 0 Å². The van der Waals surface area contributed by atoms with Gasteiger partial charge in [-0.15, -0.1) is 0 Å². The number of amides is 2. The summed E-state index contributed by atoms with van der Waals surface area (Å²) in [6, 6.07) is 19.2. The van der Waals surface area contributed by atoms with Crippen LogP contribution < -0.4 is 0 Å². The fourth-order valence-electron chi connectivity index (χ4n) is 3.46. The molecule has 0 bridgehead atoms. The topological polar surface area (TPSA) is 45.6 Å². The van der Waals surface area contributed by atoms with E-state index in [2.05, 4.69) is 0 Å². The summed E-state index contributed by atoms with van der Waals surface area (Å²) in [5.74, 6) is 0.0460. The molecule has 0 radical (unpaired) electrons. The van der Waals surface area contributed by atoms with Gasteiger partial charge in [0.25, 0.3) is 11.8 Å². The molecule has 5 nitrogen and oxygen atoms in total. The summed E-state index contributed by atoms with van der Waals surface area (Å²) >= 11 is 0. The molecule has 0 unspecified atom stereocenters. The van der Waals surface area contributed by atoms with E-state index in [0.717, 1.165) is 11.3 Å². The van der Waals surface area contributed by atoms with Crippen LogP contribution in [-0.2, 0) is 0 Å². The van der Waals surface area contributed by atoms with Crippen molar-refractivity contribution in [1.29, 1.82) is 0 Å². The second kappa shape index (κ2) is 7.72. The van der Waals surface area contributed by atoms with E-state index in [1.165, 1.54) is 0 Å². The maximum absolute atomic E-state index is 12.8. The number of hydrogen-bond acceptors (Lipinski definition) is 2. The van der Waals surface area contributed by atoms with Gasteiger partial charge < -0.3 is 14.4 Å². The molecule has 1 fully saturated rings. The van der Waals surface area contributed by atoms with Crippen LogP contribution in [0.1, 0.15) is 26.3 Å². The lowest BCUT2D eigenvalue weighted by Crippen LogP contribution is -2.50. The molecule has 0 saturated carbocycles. The zero-order valence-corrected chi connectivity index (χ0v) is 15.9. The van der Waals surface area contributed by atoms with Gasteiger partial charge in [-0.3, -0.25) is 9.59 Å². The number of carbonyl (C=O) groups excluding carboxylic acids is 2. The maximum Gasteiger partial charge on any atom is 0.253 e. The SMILES string of the molecule is Cc1ccc(C(=O)N2CCN(C(=O)c3ccc(-n4cccc4)cc3)CC2)cc1. The third-order valence-corrected chi connectivity index (χ3v) is 5.17. The molecule has 0 aliphatic carbocycles. The highest BCUT2D eigenvalue weighted by atomic mass is 16.2. The fourth-order valence-corrected chi connectivity index (χ4v) is 3.46. The summed E-state index contributed by atoms with van der Waals surface area (Å²) in [7, 11) is 0. The Kier molecular flexibility index (Phi) is 4.98. The Morgan fingerprint density at radius 1 is 0.679 bits per heavy atom. The van der Waals surface area contributed by atoms with E-state index in [1.807, 2.05) is 94.3 Å². The second-order valence-corrected chi connectivity index (χ2v) is 7.09. The van der Waals surface area contributed by atoms with Gasteiger partial charge in [0, 0.05) is 55.4 Å². The van der Waals surface area contributed by atoms with Gasteiger partial charge in [0.1, 0.15) is 0 Å². The summed E-state index contributed by atoms with van der Waals surface area (Å²) in [6.45, 7) is 4.22. The zero-order valence-electron chi connectivity index (χ0n) is 15.9. The zero-order chi connectivity index (χ0) is 19.5. The Bertz CT molecular complexity index is 952. The average molecular weight is 373 g/mol. The average Bonchev–Trinajstić information content (AvgIpc) is 3.28. The molecule has 0 N–H and O–H groups in total. The lowest BCUT2D eigenvalue weighted by molar-refractivity contribution is 0.0535. The van der Waals surface area contributed by atoms with Gasteiger partial charge in [-0.25, -0.2) is 0 Å². The minimum atomic E-state index is 0.0153. The molecular formula is C23H23N3O2. The molecule has 2 aromatic carbocycles. The molecule has 0 atom stereocenters. The molecule has 142 valence electrons. The molecule has 2 amide bonds. The van der Waals surface area contributed by atoms with Crippen molar-refractivity contribution in [2.75, 3.05) is 26.2 Å². The Hall–Kier alpha value is -3.34. The fraction of sp³-hybridized carbons (Fsp3) is 0.217. The van der Waals surface area contributed by atoms with Crippen molar-refractivity contribution in [2.45, 2.75) is 6.92 Å². The van der Waals surface area contributed by atoms with E-state index in [4.69, 9.17) is 0 Å². The monoisotopic (exact) mass is 373 g/mol. The van der Waals surface area contributed by atoms with Crippen molar-refractivity contribution in [3.8, 4) is 5.69 Å². The predicted octanol–water partition coefficient (Wildman–Crippen LogP) is 3.38. The Balaban J connectivity index is 1.37. The Morgan fingerprint density at radius 3 is 1.57 bits per heavy atom. The smallest absolute Gasteiger partial charge is 0.253 e. The quantitative estimate of drug-likeness (QED) is 0.707. The number of benzene rings is 2. The number of nitrogens with zero attached hydrogens (tertiary/aromatic N) is 3. The first-order valence-electron chi connectivity index (χ1n) is 9.50. The number of carbonyl (C=O) groups is 2. The van der Waals surface area contributed by atoms with Gasteiger partial charge in [-0.1, -0.05) is 17.7 Å². The van der Waals surface area contributed by atoms with E-state index in [9.17, 15) is 9.59 Å². The molecule has 2 heterocycles. The van der Waals surface area contributed by atoms with Gasteiger partial charge in [0.05, 0.1) is 0 Å². The predicted molar refractivity (Wildman–Crippen MR) is 109 cm³/mol. The number of rotatable bonds is 3. The van der Waals surface area contributed by atoms with Crippen LogP contribution in [0.5, 0.6) is 0 Å². The molecule has 5 heteroatoms. The maximum atomic E-state index is 12.8. The Labute approximate surface area is 164 Å². The van der Waals surface area contributed by atoms with Gasteiger partial charge >= 0.3 is 0 Å². The van der Waals surface area contributed by atoms with Crippen molar-refractivity contribution in [2.24, 2.45) is 0 Å². The molecule has 1 aliphatic heterocycles. The number of piperazine rings is 1. The van der Waals surface area contributed by atoms with E-state index < -0.39 is 0 Å². The second-order valence-electron chi connectivity index (χ2n) is 7.09. The summed E-state index contributed by atoms with van der Waals surface area (Å²) in [5, 5.41) is 0. The molecule has 1 aliphatic rings. The van der Waals surface area contributed by atoms with Gasteiger partial charge in [0.15, 0.2) is 0 Å². The lowest BCUT2D eigenvalue weighted by atomic mass is 10.1. The number of aromatic nitrogens is 1. The van der Waals surface area contributed by atoms with E-state index in [0.29, 0.717) is 37.3 Å². The van der Waals surface area contributed by atoms with Gasteiger partial charge in [-0.05, 0) is 55.5 Å². The standard InChI is InChI=1S/C23H23N3O2/c1-18-4-6-19(7-5-18)22(27)25-14-16-26(17-15-25)23(28)20-8-10-21(11-9-20)24-12-2-3-13-24/h2-13H,14-17H2,1H3. The van der Waals surface area contributed by atoms with Crippen LogP contribution in [0.25, 0.3) is 5.69 Å². The number of hydrogen-bond donors (Lipinski definition) is 0. The molecule has 1 saturated heterocycles. The van der Waals surface area contributed by atoms with Crippen LogP contribution in [0.4, 0.5) is 0 Å². The van der Waals surface area contributed by atoms with Crippen LogP contribution >= 0.6 is 0 Å². The van der Waals surface area contributed by atoms with Crippen molar-refractivity contribution < 1.29 is 9.59 Å². The van der Waals surface area contributed by atoms with Crippen molar-refractivity contribution in [3.05, 3.63) is 89.7 Å². The van der Waals surface area contributed by atoms with Crippen LogP contribution in [0, 0.1) is 6.92 Å². The molecule has 3 aromatic rings. The largest absolute Gasteiger partial charge is 0.335 e. The van der Waals surface area contributed by atoms with Crippen molar-refractivity contribution in [3.63, 3.8) is 0 Å². The highest BCUT2D eigenvalue weighted by molar-refractivity contribution is 5.96.